The number of nitrogens with zero attached hydrogens (tertiary/aromatic N) is 3. The van der Waals surface area contributed by atoms with Crippen LogP contribution in [-0.4, -0.2) is 79.3 Å². The standard InChI is InChI=1S/C24H34BrN3O4Si/c1-23(2,3)32-22(31)26-12-16-8-9-18(15-26)27(13-16)21(30)24(33)11-10-20(29)28(24)14-17-6-4-5-7-19(17)25/h4-7,16,18H,8-15H2,1-3,33H3. The average molecular weight is 537 g/mol. The zero-order chi connectivity index (χ0) is 24.0. The number of fused-ring (bicyclic) bond motifs is 4. The molecule has 4 aliphatic rings. The molecule has 0 aliphatic carbocycles. The molecule has 0 aromatic heterocycles. The highest BCUT2D eigenvalue weighted by Gasteiger charge is 2.51. The van der Waals surface area contributed by atoms with Crippen molar-refractivity contribution in [2.45, 2.75) is 69.8 Å². The average Bonchev–Trinajstić information content (AvgIpc) is 2.93. The Morgan fingerprint density at radius 3 is 2.61 bits per heavy atom. The van der Waals surface area contributed by atoms with Crippen LogP contribution in [0.4, 0.5) is 4.79 Å². The molecule has 2 bridgehead atoms. The van der Waals surface area contributed by atoms with Crippen molar-refractivity contribution in [3.8, 4) is 0 Å². The lowest BCUT2D eigenvalue weighted by atomic mass is 9.94. The molecule has 0 radical (unpaired) electrons. The monoisotopic (exact) mass is 535 g/mol. The van der Waals surface area contributed by atoms with Crippen LogP contribution in [0.15, 0.2) is 28.7 Å². The van der Waals surface area contributed by atoms with Gasteiger partial charge in [0.1, 0.15) is 10.8 Å². The maximum absolute atomic E-state index is 14.0. The molecule has 0 spiro atoms. The van der Waals surface area contributed by atoms with E-state index < -0.39 is 10.8 Å². The van der Waals surface area contributed by atoms with Crippen molar-refractivity contribution in [2.24, 2.45) is 5.92 Å². The summed E-state index contributed by atoms with van der Waals surface area (Å²) in [5.74, 6) is 0.344. The number of hydrogen-bond acceptors (Lipinski definition) is 4. The first-order valence-electron chi connectivity index (χ1n) is 11.8. The summed E-state index contributed by atoms with van der Waals surface area (Å²) in [5, 5.41) is -0.742. The number of amides is 3. The van der Waals surface area contributed by atoms with E-state index >= 15 is 0 Å². The number of carbonyl (C=O) groups excluding carboxylic acids is 3. The van der Waals surface area contributed by atoms with Gasteiger partial charge in [0.15, 0.2) is 0 Å². The van der Waals surface area contributed by atoms with Gasteiger partial charge >= 0.3 is 6.09 Å². The van der Waals surface area contributed by atoms with Gasteiger partial charge in [0.05, 0.1) is 0 Å². The van der Waals surface area contributed by atoms with Crippen molar-refractivity contribution in [1.82, 2.24) is 14.7 Å². The van der Waals surface area contributed by atoms with Crippen LogP contribution in [0.1, 0.15) is 52.0 Å². The minimum absolute atomic E-state index is 0.0318. The minimum Gasteiger partial charge on any atom is -0.444 e. The van der Waals surface area contributed by atoms with E-state index in [-0.39, 0.29) is 29.9 Å². The molecule has 5 rings (SSSR count). The smallest absolute Gasteiger partial charge is 0.410 e. The third-order valence-corrected chi connectivity index (χ3v) is 9.34. The van der Waals surface area contributed by atoms with E-state index in [0.717, 1.165) is 22.9 Å². The van der Waals surface area contributed by atoms with Gasteiger partial charge in [-0.05, 0) is 57.6 Å². The summed E-state index contributed by atoms with van der Waals surface area (Å²) >= 11 is 3.58. The van der Waals surface area contributed by atoms with Gasteiger partial charge in [-0.15, -0.1) is 0 Å². The van der Waals surface area contributed by atoms with Crippen LogP contribution in [0.5, 0.6) is 0 Å². The highest BCUT2D eigenvalue weighted by atomic mass is 79.9. The molecule has 9 heteroatoms. The first kappa shape index (κ1) is 24.3. The van der Waals surface area contributed by atoms with E-state index in [1.54, 1.807) is 4.90 Å². The Kier molecular flexibility index (Phi) is 6.66. The van der Waals surface area contributed by atoms with Crippen LogP contribution in [-0.2, 0) is 20.9 Å². The first-order valence-corrected chi connectivity index (χ1v) is 13.6. The summed E-state index contributed by atoms with van der Waals surface area (Å²) in [6.45, 7) is 7.79. The maximum Gasteiger partial charge on any atom is 0.410 e. The molecule has 4 heterocycles. The summed E-state index contributed by atoms with van der Waals surface area (Å²) < 4.78 is 6.56. The Hall–Kier alpha value is -1.87. The van der Waals surface area contributed by atoms with Crippen LogP contribution >= 0.6 is 15.9 Å². The van der Waals surface area contributed by atoms with Crippen molar-refractivity contribution in [1.29, 1.82) is 0 Å². The fourth-order valence-electron chi connectivity index (χ4n) is 5.29. The number of hydrogen-bond donors (Lipinski definition) is 0. The van der Waals surface area contributed by atoms with Crippen LogP contribution in [0, 0.1) is 5.92 Å². The number of likely N-dealkylation sites (tertiary alicyclic amines) is 1. The Morgan fingerprint density at radius 2 is 1.91 bits per heavy atom. The van der Waals surface area contributed by atoms with Crippen molar-refractivity contribution < 1.29 is 19.1 Å². The fourth-order valence-corrected chi connectivity index (χ4v) is 6.65. The van der Waals surface area contributed by atoms with Gasteiger partial charge in [0.2, 0.25) is 11.8 Å². The zero-order valence-electron chi connectivity index (χ0n) is 20.0. The molecule has 4 aliphatic heterocycles. The molecule has 4 saturated heterocycles. The lowest BCUT2D eigenvalue weighted by Gasteiger charge is -2.43. The highest BCUT2D eigenvalue weighted by Crippen LogP contribution is 2.36. The molecule has 1 aromatic carbocycles. The third kappa shape index (κ3) is 4.99. The van der Waals surface area contributed by atoms with E-state index in [9.17, 15) is 14.4 Å². The fraction of sp³-hybridized carbons (Fsp3) is 0.625. The lowest BCUT2D eigenvalue weighted by molar-refractivity contribution is -0.147. The Morgan fingerprint density at radius 1 is 1.18 bits per heavy atom. The van der Waals surface area contributed by atoms with E-state index in [0.29, 0.717) is 49.3 Å². The van der Waals surface area contributed by atoms with Gasteiger partial charge in [-0.25, -0.2) is 4.79 Å². The molecule has 3 amide bonds. The summed E-state index contributed by atoms with van der Waals surface area (Å²) in [6, 6.07) is 7.83. The zero-order valence-corrected chi connectivity index (χ0v) is 23.6. The summed E-state index contributed by atoms with van der Waals surface area (Å²) in [4.78, 5) is 45.2. The highest BCUT2D eigenvalue weighted by molar-refractivity contribution is 9.10. The quantitative estimate of drug-likeness (QED) is 0.557. The second-order valence-corrected chi connectivity index (χ2v) is 13.3. The first-order chi connectivity index (χ1) is 15.5. The molecule has 33 heavy (non-hydrogen) atoms. The molecule has 4 fully saturated rings. The third-order valence-electron chi connectivity index (χ3n) is 7.10. The van der Waals surface area contributed by atoms with Crippen molar-refractivity contribution in [3.63, 3.8) is 0 Å². The van der Waals surface area contributed by atoms with Gasteiger partial charge < -0.3 is 19.4 Å². The van der Waals surface area contributed by atoms with Gasteiger partial charge in [-0.2, -0.15) is 0 Å². The van der Waals surface area contributed by atoms with E-state index in [4.69, 9.17) is 4.74 Å². The molecule has 0 N–H and O–H groups in total. The second-order valence-electron chi connectivity index (χ2n) is 10.8. The van der Waals surface area contributed by atoms with E-state index in [1.807, 2.05) is 54.8 Å². The van der Waals surface area contributed by atoms with Crippen molar-refractivity contribution >= 4 is 44.1 Å². The van der Waals surface area contributed by atoms with Crippen LogP contribution in [0.25, 0.3) is 0 Å². The minimum atomic E-state index is -0.742. The van der Waals surface area contributed by atoms with Crippen LogP contribution in [0.3, 0.4) is 0 Å². The Bertz CT molecular complexity index is 952. The molecule has 3 unspecified atom stereocenters. The number of rotatable bonds is 3. The number of ether oxygens (including phenoxy) is 1. The molecule has 0 saturated carbocycles. The molecule has 180 valence electrons. The number of halogens is 1. The lowest BCUT2D eigenvalue weighted by Crippen LogP contribution is -2.61. The maximum atomic E-state index is 14.0. The molecule has 7 nitrogen and oxygen atoms in total. The summed E-state index contributed by atoms with van der Waals surface area (Å²) in [6.07, 6.45) is 2.56. The number of benzene rings is 1. The summed E-state index contributed by atoms with van der Waals surface area (Å²) in [5.41, 5.74) is 0.460. The van der Waals surface area contributed by atoms with Gasteiger partial charge in [0, 0.05) is 53.4 Å². The molecule has 3 atom stereocenters. The van der Waals surface area contributed by atoms with Crippen LogP contribution in [0.2, 0.25) is 0 Å². The largest absolute Gasteiger partial charge is 0.444 e. The van der Waals surface area contributed by atoms with E-state index in [2.05, 4.69) is 15.9 Å². The summed E-state index contributed by atoms with van der Waals surface area (Å²) in [7, 11) is 0.566. The molecular weight excluding hydrogens is 502 g/mol. The predicted molar refractivity (Wildman–Crippen MR) is 133 cm³/mol. The van der Waals surface area contributed by atoms with Crippen molar-refractivity contribution in [2.75, 3.05) is 19.6 Å². The SMILES string of the molecule is CC(C)(C)OC(=O)N1CC2CCC(C1)N(C(=O)C1([SiH3])CCC(=O)N1Cc1ccccc1Br)C2. The Labute approximate surface area is 207 Å². The van der Waals surface area contributed by atoms with Gasteiger partial charge in [-0.3, -0.25) is 9.59 Å². The normalized spacial score (nSPS) is 27.8. The van der Waals surface area contributed by atoms with Gasteiger partial charge in [0.25, 0.3) is 0 Å². The van der Waals surface area contributed by atoms with Crippen LogP contribution < -0.4 is 0 Å². The topological polar surface area (TPSA) is 70.2 Å². The second kappa shape index (κ2) is 9.06. The number of piperidine rings is 1. The van der Waals surface area contributed by atoms with E-state index in [1.165, 1.54) is 0 Å². The number of carbonyl (C=O) groups is 3. The van der Waals surface area contributed by atoms with Gasteiger partial charge in [-0.1, -0.05) is 34.1 Å². The predicted octanol–water partition coefficient (Wildman–Crippen LogP) is 2.49. The molecule has 1 aromatic rings. The molecular formula is C24H34BrN3O4Si. The Balaban J connectivity index is 1.54. The van der Waals surface area contributed by atoms with Crippen molar-refractivity contribution in [3.05, 3.63) is 34.3 Å².